The first-order valence-corrected chi connectivity index (χ1v) is 12.6. The van der Waals surface area contributed by atoms with Crippen LogP contribution in [0.3, 0.4) is 0 Å². The van der Waals surface area contributed by atoms with E-state index in [1.54, 1.807) is 19.1 Å². The summed E-state index contributed by atoms with van der Waals surface area (Å²) in [6, 6.07) is 9.98. The molecule has 1 aliphatic rings. The lowest BCUT2D eigenvalue weighted by Gasteiger charge is -2.14. The largest absolute Gasteiger partial charge is 0.495 e. The molecule has 2 N–H and O–H groups in total. The second kappa shape index (κ2) is 8.75. The zero-order valence-corrected chi connectivity index (χ0v) is 18.3. The van der Waals surface area contributed by atoms with E-state index < -0.39 is 25.8 Å². The first kappa shape index (κ1) is 22.3. The van der Waals surface area contributed by atoms with Crippen molar-refractivity contribution in [3.05, 3.63) is 48.0 Å². The van der Waals surface area contributed by atoms with Gasteiger partial charge in [0.05, 0.1) is 33.9 Å². The third-order valence-corrected chi connectivity index (χ3v) is 8.06. The lowest BCUT2D eigenvalue weighted by molar-refractivity contribution is 0.102. The first-order chi connectivity index (χ1) is 14.2. The van der Waals surface area contributed by atoms with Crippen molar-refractivity contribution in [2.75, 3.05) is 18.2 Å². The SMILES string of the molecule is CCCS(=O)(=O)c1ccccc1C(=O)Nc1cc(S(=O)(=O)NC2CC2)ccc1OC. The summed E-state index contributed by atoms with van der Waals surface area (Å²) in [5, 5.41) is 2.59. The minimum absolute atomic E-state index is 0.0163. The number of sulfonamides is 1. The molecule has 0 aliphatic heterocycles. The van der Waals surface area contributed by atoms with E-state index in [9.17, 15) is 21.6 Å². The Hall–Kier alpha value is -2.43. The second-order valence-corrected chi connectivity index (χ2v) is 10.8. The number of sulfone groups is 1. The molecule has 0 atom stereocenters. The molecule has 3 rings (SSSR count). The van der Waals surface area contributed by atoms with Crippen molar-refractivity contribution < 1.29 is 26.4 Å². The van der Waals surface area contributed by atoms with Gasteiger partial charge in [0, 0.05) is 6.04 Å². The van der Waals surface area contributed by atoms with Crippen LogP contribution in [0.2, 0.25) is 0 Å². The first-order valence-electron chi connectivity index (χ1n) is 9.51. The number of ether oxygens (including phenoxy) is 1. The van der Waals surface area contributed by atoms with Gasteiger partial charge in [0.25, 0.3) is 5.91 Å². The van der Waals surface area contributed by atoms with Gasteiger partial charge < -0.3 is 10.1 Å². The molecule has 0 aromatic heterocycles. The number of amides is 1. The number of carbonyl (C=O) groups excluding carboxylic acids is 1. The maximum Gasteiger partial charge on any atom is 0.257 e. The zero-order chi connectivity index (χ0) is 21.9. The summed E-state index contributed by atoms with van der Waals surface area (Å²) in [5.41, 5.74) is 0.112. The molecule has 10 heteroatoms. The Morgan fingerprint density at radius 3 is 2.43 bits per heavy atom. The molecule has 0 radical (unpaired) electrons. The summed E-state index contributed by atoms with van der Waals surface area (Å²) in [6.07, 6.45) is 2.00. The van der Waals surface area contributed by atoms with E-state index >= 15 is 0 Å². The molecule has 2 aromatic carbocycles. The van der Waals surface area contributed by atoms with Gasteiger partial charge in [0.2, 0.25) is 10.0 Å². The monoisotopic (exact) mass is 452 g/mol. The molecule has 0 bridgehead atoms. The van der Waals surface area contributed by atoms with Crippen LogP contribution >= 0.6 is 0 Å². The molecule has 0 saturated heterocycles. The third-order valence-electron chi connectivity index (χ3n) is 4.57. The quantitative estimate of drug-likeness (QED) is 0.604. The number of hydrogen-bond donors (Lipinski definition) is 2. The number of benzene rings is 2. The number of rotatable bonds is 9. The molecule has 0 unspecified atom stereocenters. The summed E-state index contributed by atoms with van der Waals surface area (Å²) >= 11 is 0. The van der Waals surface area contributed by atoms with Gasteiger partial charge in [0.15, 0.2) is 9.84 Å². The van der Waals surface area contributed by atoms with Crippen molar-refractivity contribution >= 4 is 31.5 Å². The minimum Gasteiger partial charge on any atom is -0.495 e. The number of anilines is 1. The van der Waals surface area contributed by atoms with E-state index in [1.807, 2.05) is 0 Å². The predicted molar refractivity (Wildman–Crippen MR) is 113 cm³/mol. The Bertz CT molecular complexity index is 1160. The van der Waals surface area contributed by atoms with E-state index in [1.165, 1.54) is 37.4 Å². The molecule has 1 saturated carbocycles. The normalized spacial score (nSPS) is 14.3. The highest BCUT2D eigenvalue weighted by molar-refractivity contribution is 7.91. The van der Waals surface area contributed by atoms with Gasteiger partial charge in [-0.3, -0.25) is 4.79 Å². The van der Waals surface area contributed by atoms with Crippen molar-refractivity contribution in [2.45, 2.75) is 42.0 Å². The topological polar surface area (TPSA) is 119 Å². The van der Waals surface area contributed by atoms with Crippen LogP contribution in [0.5, 0.6) is 5.75 Å². The van der Waals surface area contributed by atoms with Gasteiger partial charge in [-0.25, -0.2) is 21.6 Å². The minimum atomic E-state index is -3.74. The van der Waals surface area contributed by atoms with Crippen molar-refractivity contribution in [3.63, 3.8) is 0 Å². The van der Waals surface area contributed by atoms with E-state index in [-0.39, 0.29) is 38.6 Å². The lowest BCUT2D eigenvalue weighted by Crippen LogP contribution is -2.26. The van der Waals surface area contributed by atoms with E-state index in [0.29, 0.717) is 6.42 Å². The Balaban J connectivity index is 1.95. The van der Waals surface area contributed by atoms with Crippen molar-refractivity contribution in [1.29, 1.82) is 0 Å². The highest BCUT2D eigenvalue weighted by Crippen LogP contribution is 2.30. The second-order valence-electron chi connectivity index (χ2n) is 7.03. The van der Waals surface area contributed by atoms with Crippen LogP contribution in [-0.4, -0.2) is 41.6 Å². The Labute approximate surface area is 176 Å². The maximum atomic E-state index is 12.9. The lowest BCUT2D eigenvalue weighted by atomic mass is 10.2. The highest BCUT2D eigenvalue weighted by Gasteiger charge is 2.29. The van der Waals surface area contributed by atoms with E-state index in [2.05, 4.69) is 10.0 Å². The van der Waals surface area contributed by atoms with Crippen molar-refractivity contribution in [2.24, 2.45) is 0 Å². The number of hydrogen-bond acceptors (Lipinski definition) is 6. The summed E-state index contributed by atoms with van der Waals surface area (Å²) in [6.45, 7) is 1.74. The summed E-state index contributed by atoms with van der Waals surface area (Å²) in [4.78, 5) is 12.8. The van der Waals surface area contributed by atoms with Crippen molar-refractivity contribution in [3.8, 4) is 5.75 Å². The van der Waals surface area contributed by atoms with Gasteiger partial charge in [0.1, 0.15) is 5.75 Å². The number of methoxy groups -OCH3 is 1. The van der Waals surface area contributed by atoms with Gasteiger partial charge in [-0.2, -0.15) is 0 Å². The smallest absolute Gasteiger partial charge is 0.257 e. The fraction of sp³-hybridized carbons (Fsp3) is 0.350. The molecule has 0 spiro atoms. The van der Waals surface area contributed by atoms with Crippen LogP contribution in [0.4, 0.5) is 5.69 Å². The summed E-state index contributed by atoms with van der Waals surface area (Å²) < 4.78 is 57.9. The number of nitrogens with one attached hydrogen (secondary N) is 2. The van der Waals surface area contributed by atoms with Crippen LogP contribution in [0, 0.1) is 0 Å². The van der Waals surface area contributed by atoms with Gasteiger partial charge in [-0.05, 0) is 49.6 Å². The molecule has 162 valence electrons. The Kier molecular flexibility index (Phi) is 6.49. The fourth-order valence-corrected chi connectivity index (χ4v) is 5.80. The van der Waals surface area contributed by atoms with Gasteiger partial charge in [-0.15, -0.1) is 0 Å². The fourth-order valence-electron chi connectivity index (χ4n) is 2.93. The van der Waals surface area contributed by atoms with Gasteiger partial charge >= 0.3 is 0 Å². The maximum absolute atomic E-state index is 12.9. The standard InChI is InChI=1S/C20H24N2O6S2/c1-3-12-29(24,25)19-7-5-4-6-16(19)20(23)21-17-13-15(10-11-18(17)28-2)30(26,27)22-14-8-9-14/h4-7,10-11,13-14,22H,3,8-9,12H2,1-2H3,(H,21,23). The van der Waals surface area contributed by atoms with Crippen LogP contribution < -0.4 is 14.8 Å². The summed E-state index contributed by atoms with van der Waals surface area (Å²) in [7, 11) is -5.98. The molecule has 1 aliphatic carbocycles. The van der Waals surface area contributed by atoms with Crippen LogP contribution in [0.1, 0.15) is 36.5 Å². The molecular formula is C20H24N2O6S2. The third kappa shape index (κ3) is 5.00. The van der Waals surface area contributed by atoms with E-state index in [0.717, 1.165) is 12.8 Å². The zero-order valence-electron chi connectivity index (χ0n) is 16.7. The van der Waals surface area contributed by atoms with Crippen LogP contribution in [0.25, 0.3) is 0 Å². The Morgan fingerprint density at radius 1 is 1.10 bits per heavy atom. The molecule has 30 heavy (non-hydrogen) atoms. The van der Waals surface area contributed by atoms with Crippen LogP contribution in [-0.2, 0) is 19.9 Å². The molecular weight excluding hydrogens is 428 g/mol. The molecule has 8 nitrogen and oxygen atoms in total. The summed E-state index contributed by atoms with van der Waals surface area (Å²) in [5.74, 6) is -0.503. The predicted octanol–water partition coefficient (Wildman–Crippen LogP) is 2.57. The molecule has 2 aromatic rings. The molecule has 0 heterocycles. The average molecular weight is 453 g/mol. The Morgan fingerprint density at radius 2 is 1.80 bits per heavy atom. The average Bonchev–Trinajstić information content (AvgIpc) is 3.51. The van der Waals surface area contributed by atoms with Crippen LogP contribution in [0.15, 0.2) is 52.3 Å². The van der Waals surface area contributed by atoms with Gasteiger partial charge in [-0.1, -0.05) is 19.1 Å². The van der Waals surface area contributed by atoms with Crippen molar-refractivity contribution in [1.82, 2.24) is 4.72 Å². The molecule has 1 fully saturated rings. The number of carbonyl (C=O) groups is 1. The molecule has 1 amide bonds. The highest BCUT2D eigenvalue weighted by atomic mass is 32.2. The van der Waals surface area contributed by atoms with E-state index in [4.69, 9.17) is 4.74 Å².